The van der Waals surface area contributed by atoms with Gasteiger partial charge in [0.15, 0.2) is 0 Å². The Hall–Kier alpha value is -1.50. The monoisotopic (exact) mass is 281 g/mol. The summed E-state index contributed by atoms with van der Waals surface area (Å²) in [7, 11) is 1.64. The average molecular weight is 282 g/mol. The largest absolute Gasteiger partial charge is 0.383 e. The molecule has 2 aromatic rings. The van der Waals surface area contributed by atoms with Crippen molar-refractivity contribution in [1.29, 1.82) is 0 Å². The number of ether oxygens (including phenoxy) is 1. The highest BCUT2D eigenvalue weighted by molar-refractivity contribution is 6.31. The van der Waals surface area contributed by atoms with E-state index < -0.39 is 6.04 Å². The van der Waals surface area contributed by atoms with Crippen LogP contribution in [0.15, 0.2) is 18.5 Å². The van der Waals surface area contributed by atoms with Crippen molar-refractivity contribution < 1.29 is 4.74 Å². The van der Waals surface area contributed by atoms with E-state index in [0.717, 1.165) is 5.69 Å². The lowest BCUT2D eigenvalue weighted by Gasteiger charge is -2.14. The number of hydrogen-bond acceptors (Lipinski definition) is 5. The van der Waals surface area contributed by atoms with Crippen LogP contribution >= 0.6 is 11.6 Å². The molecule has 0 aliphatic rings. The Labute approximate surface area is 116 Å². The van der Waals surface area contributed by atoms with Gasteiger partial charge in [-0.3, -0.25) is 4.68 Å². The summed E-state index contributed by atoms with van der Waals surface area (Å²) in [5.74, 6) is 0.673. The molecule has 0 saturated carbocycles. The van der Waals surface area contributed by atoms with E-state index in [2.05, 4.69) is 15.1 Å². The normalized spacial score (nSPS) is 12.6. The molecule has 0 aromatic carbocycles. The number of nitrogens with zero attached hydrogens (tertiary/aromatic N) is 4. The van der Waals surface area contributed by atoms with E-state index in [0.29, 0.717) is 29.7 Å². The molecule has 1 unspecified atom stereocenters. The Kier molecular flexibility index (Phi) is 4.47. The predicted molar refractivity (Wildman–Crippen MR) is 71.9 cm³/mol. The topological polar surface area (TPSA) is 78.9 Å². The van der Waals surface area contributed by atoms with Crippen molar-refractivity contribution in [3.8, 4) is 0 Å². The third-order valence-corrected chi connectivity index (χ3v) is 3.04. The summed E-state index contributed by atoms with van der Waals surface area (Å²) in [6.45, 7) is 2.96. The second-order valence-corrected chi connectivity index (χ2v) is 4.51. The van der Waals surface area contributed by atoms with Crippen LogP contribution in [0, 0.1) is 6.92 Å². The Morgan fingerprint density at radius 3 is 3.00 bits per heavy atom. The highest BCUT2D eigenvalue weighted by atomic mass is 35.5. The fourth-order valence-electron chi connectivity index (χ4n) is 1.82. The van der Waals surface area contributed by atoms with Gasteiger partial charge in [-0.1, -0.05) is 11.6 Å². The molecule has 0 saturated heterocycles. The quantitative estimate of drug-likeness (QED) is 0.894. The maximum Gasteiger partial charge on any atom is 0.125 e. The molecule has 7 heteroatoms. The first-order valence-electron chi connectivity index (χ1n) is 5.88. The maximum absolute atomic E-state index is 6.23. The van der Waals surface area contributed by atoms with Gasteiger partial charge >= 0.3 is 0 Å². The van der Waals surface area contributed by atoms with Gasteiger partial charge < -0.3 is 10.5 Å². The van der Waals surface area contributed by atoms with E-state index in [4.69, 9.17) is 22.1 Å². The van der Waals surface area contributed by atoms with E-state index in [-0.39, 0.29) is 0 Å². The zero-order valence-electron chi connectivity index (χ0n) is 10.9. The number of aromatic nitrogens is 4. The van der Waals surface area contributed by atoms with Gasteiger partial charge in [0.1, 0.15) is 5.82 Å². The van der Waals surface area contributed by atoms with E-state index in [1.54, 1.807) is 30.3 Å². The van der Waals surface area contributed by atoms with Gasteiger partial charge in [-0.05, 0) is 13.0 Å². The summed E-state index contributed by atoms with van der Waals surface area (Å²) in [6, 6.07) is 1.34. The minimum absolute atomic E-state index is 0.437. The molecule has 1 atom stereocenters. The van der Waals surface area contributed by atoms with Crippen LogP contribution < -0.4 is 5.73 Å². The molecular weight excluding hydrogens is 266 g/mol. The summed E-state index contributed by atoms with van der Waals surface area (Å²) in [5.41, 5.74) is 7.68. The first-order chi connectivity index (χ1) is 9.13. The Bertz CT molecular complexity index is 557. The van der Waals surface area contributed by atoms with Crippen molar-refractivity contribution in [2.75, 3.05) is 13.7 Å². The number of nitrogens with two attached hydrogens (primary N) is 1. The Morgan fingerprint density at radius 2 is 2.32 bits per heavy atom. The van der Waals surface area contributed by atoms with Crippen molar-refractivity contribution >= 4 is 11.6 Å². The Balaban J connectivity index is 2.32. The number of rotatable bonds is 5. The molecule has 0 aliphatic heterocycles. The fourth-order valence-corrected chi connectivity index (χ4v) is 2.08. The predicted octanol–water partition coefficient (Wildman–Crippen LogP) is 1.33. The number of halogens is 1. The van der Waals surface area contributed by atoms with E-state index in [1.165, 1.54) is 0 Å². The molecule has 2 rings (SSSR count). The van der Waals surface area contributed by atoms with Crippen molar-refractivity contribution in [2.45, 2.75) is 19.5 Å². The van der Waals surface area contributed by atoms with Gasteiger partial charge in [-0.15, -0.1) is 0 Å². The van der Waals surface area contributed by atoms with E-state index >= 15 is 0 Å². The minimum Gasteiger partial charge on any atom is -0.383 e. The molecule has 0 aliphatic carbocycles. The van der Waals surface area contributed by atoms with Crippen LogP contribution in [0.2, 0.25) is 5.02 Å². The van der Waals surface area contributed by atoms with Gasteiger partial charge in [-0.2, -0.15) is 5.10 Å². The lowest BCUT2D eigenvalue weighted by molar-refractivity contribution is 0.182. The molecule has 19 heavy (non-hydrogen) atoms. The lowest BCUT2D eigenvalue weighted by Crippen LogP contribution is -2.20. The summed E-state index contributed by atoms with van der Waals surface area (Å²) in [6.07, 6.45) is 3.27. The molecule has 0 fully saturated rings. The van der Waals surface area contributed by atoms with E-state index in [9.17, 15) is 0 Å². The van der Waals surface area contributed by atoms with Gasteiger partial charge in [-0.25, -0.2) is 9.97 Å². The molecule has 2 aromatic heterocycles. The number of hydrogen-bond donors (Lipinski definition) is 1. The zero-order chi connectivity index (χ0) is 13.8. The first kappa shape index (κ1) is 13.9. The van der Waals surface area contributed by atoms with Gasteiger partial charge in [0.05, 0.1) is 41.8 Å². The molecule has 2 N–H and O–H groups in total. The van der Waals surface area contributed by atoms with Crippen LogP contribution in [0.5, 0.6) is 0 Å². The van der Waals surface area contributed by atoms with Crippen molar-refractivity contribution in [2.24, 2.45) is 5.73 Å². The van der Waals surface area contributed by atoms with Crippen LogP contribution in [0.1, 0.15) is 23.3 Å². The Morgan fingerprint density at radius 1 is 1.53 bits per heavy atom. The van der Waals surface area contributed by atoms with Crippen LogP contribution in [0.3, 0.4) is 0 Å². The third-order valence-electron chi connectivity index (χ3n) is 2.75. The molecule has 0 radical (unpaired) electrons. The second-order valence-electron chi connectivity index (χ2n) is 4.10. The number of methoxy groups -OCH3 is 1. The van der Waals surface area contributed by atoms with Crippen LogP contribution in [-0.2, 0) is 11.3 Å². The highest BCUT2D eigenvalue weighted by Gasteiger charge is 2.19. The molecule has 6 nitrogen and oxygen atoms in total. The standard InChI is InChI=1S/C12H16ClN5O/c1-8-15-4-3-10(17-8)11(14)12-9(13)7-16-18(12)5-6-19-2/h3-4,7,11H,5-6,14H2,1-2H3. The van der Waals surface area contributed by atoms with Crippen molar-refractivity contribution in [3.63, 3.8) is 0 Å². The lowest BCUT2D eigenvalue weighted by atomic mass is 10.1. The molecule has 0 bridgehead atoms. The molecule has 0 amide bonds. The molecule has 2 heterocycles. The van der Waals surface area contributed by atoms with E-state index in [1.807, 2.05) is 6.92 Å². The van der Waals surface area contributed by atoms with Crippen molar-refractivity contribution in [1.82, 2.24) is 19.7 Å². The van der Waals surface area contributed by atoms with Gasteiger partial charge in [0, 0.05) is 13.3 Å². The first-order valence-corrected chi connectivity index (χ1v) is 6.26. The van der Waals surface area contributed by atoms with Gasteiger partial charge in [0.25, 0.3) is 0 Å². The molecular formula is C12H16ClN5O. The average Bonchev–Trinajstić information content (AvgIpc) is 2.76. The summed E-state index contributed by atoms with van der Waals surface area (Å²) in [4.78, 5) is 8.38. The molecule has 0 spiro atoms. The highest BCUT2D eigenvalue weighted by Crippen LogP contribution is 2.25. The number of aryl methyl sites for hydroxylation is 1. The second kappa shape index (κ2) is 6.10. The van der Waals surface area contributed by atoms with Crippen LogP contribution in [0.25, 0.3) is 0 Å². The van der Waals surface area contributed by atoms with Crippen LogP contribution in [0.4, 0.5) is 0 Å². The maximum atomic E-state index is 6.23. The van der Waals surface area contributed by atoms with Crippen LogP contribution in [-0.4, -0.2) is 33.5 Å². The third kappa shape index (κ3) is 3.09. The summed E-state index contributed by atoms with van der Waals surface area (Å²) >= 11 is 6.16. The summed E-state index contributed by atoms with van der Waals surface area (Å²) in [5, 5.41) is 4.73. The zero-order valence-corrected chi connectivity index (χ0v) is 11.6. The van der Waals surface area contributed by atoms with Gasteiger partial charge in [0.2, 0.25) is 0 Å². The molecule has 102 valence electrons. The van der Waals surface area contributed by atoms with Crippen molar-refractivity contribution in [3.05, 3.63) is 40.7 Å². The SMILES string of the molecule is COCCn1ncc(Cl)c1C(N)c1ccnc(C)n1. The smallest absolute Gasteiger partial charge is 0.125 e. The summed E-state index contributed by atoms with van der Waals surface area (Å²) < 4.78 is 6.79. The minimum atomic E-state index is -0.437. The fraction of sp³-hybridized carbons (Fsp3) is 0.417.